The minimum atomic E-state index is -0.584. The van der Waals surface area contributed by atoms with Gasteiger partial charge < -0.3 is 0 Å². The smallest absolute Gasteiger partial charge is 0.164 e. The molecule has 9 rings (SSSR count). The quantitative estimate of drug-likeness (QED) is 0.179. The van der Waals surface area contributed by atoms with Crippen molar-refractivity contribution in [3.05, 3.63) is 203 Å². The minimum absolute atomic E-state index is 0.584. The van der Waals surface area contributed by atoms with E-state index in [1.165, 1.54) is 44.5 Å². The second-order valence-electron chi connectivity index (χ2n) is 13.3. The molecule has 51 heavy (non-hydrogen) atoms. The van der Waals surface area contributed by atoms with Crippen molar-refractivity contribution in [3.63, 3.8) is 0 Å². The van der Waals surface area contributed by atoms with Gasteiger partial charge in [0.1, 0.15) is 0 Å². The van der Waals surface area contributed by atoms with Crippen molar-refractivity contribution in [3.8, 4) is 56.4 Å². The molecule has 6 aromatic carbocycles. The number of nitrogens with zero attached hydrogens (tertiary/aromatic N) is 4. The van der Waals surface area contributed by atoms with Crippen LogP contribution in [0.5, 0.6) is 0 Å². The first-order valence-corrected chi connectivity index (χ1v) is 17.3. The van der Waals surface area contributed by atoms with Crippen molar-refractivity contribution in [2.75, 3.05) is 0 Å². The molecule has 0 aliphatic heterocycles. The fourth-order valence-electron chi connectivity index (χ4n) is 7.52. The van der Waals surface area contributed by atoms with Crippen LogP contribution in [-0.2, 0) is 5.41 Å². The molecule has 0 radical (unpaired) electrons. The first-order valence-electron chi connectivity index (χ1n) is 17.3. The maximum absolute atomic E-state index is 5.14. The first-order chi connectivity index (χ1) is 25.1. The van der Waals surface area contributed by atoms with Crippen LogP contribution >= 0.6 is 0 Å². The molecule has 1 aliphatic carbocycles. The third kappa shape index (κ3) is 5.24. The molecule has 0 amide bonds. The fraction of sp³-hybridized carbons (Fsp3) is 0.0638. The van der Waals surface area contributed by atoms with Gasteiger partial charge in [-0.2, -0.15) is 0 Å². The van der Waals surface area contributed by atoms with Crippen LogP contribution in [0.4, 0.5) is 0 Å². The van der Waals surface area contributed by atoms with E-state index in [0.29, 0.717) is 17.5 Å². The van der Waals surface area contributed by atoms with Crippen molar-refractivity contribution in [2.45, 2.75) is 19.3 Å². The number of hydrogen-bond acceptors (Lipinski definition) is 4. The molecular weight excluding hydrogens is 621 g/mol. The average molecular weight is 655 g/mol. The molecule has 2 heterocycles. The Morgan fingerprint density at radius 1 is 0.373 bits per heavy atom. The monoisotopic (exact) mass is 654 g/mol. The lowest BCUT2D eigenvalue weighted by molar-refractivity contribution is 0.769. The molecule has 4 nitrogen and oxygen atoms in total. The molecule has 0 saturated carbocycles. The van der Waals surface area contributed by atoms with Crippen LogP contribution in [-0.4, -0.2) is 19.9 Å². The van der Waals surface area contributed by atoms with Crippen LogP contribution in [0.1, 0.15) is 33.4 Å². The highest BCUT2D eigenvalue weighted by atomic mass is 15.0. The third-order valence-electron chi connectivity index (χ3n) is 10.1. The number of benzene rings is 6. The van der Waals surface area contributed by atoms with Crippen LogP contribution in [0.2, 0.25) is 0 Å². The average Bonchev–Trinajstić information content (AvgIpc) is 3.49. The molecular formula is C47H34N4. The van der Waals surface area contributed by atoms with Gasteiger partial charge in [-0.25, -0.2) is 15.0 Å². The summed E-state index contributed by atoms with van der Waals surface area (Å²) >= 11 is 0. The van der Waals surface area contributed by atoms with Crippen LogP contribution in [0.3, 0.4) is 0 Å². The van der Waals surface area contributed by atoms with Crippen molar-refractivity contribution in [1.29, 1.82) is 0 Å². The summed E-state index contributed by atoms with van der Waals surface area (Å²) in [6.45, 7) is 4.18. The third-order valence-corrected chi connectivity index (χ3v) is 10.1. The Bertz CT molecular complexity index is 2410. The molecule has 2 aromatic heterocycles. The summed E-state index contributed by atoms with van der Waals surface area (Å²) in [7, 11) is 0. The minimum Gasteiger partial charge on any atom is -0.265 e. The maximum Gasteiger partial charge on any atom is 0.164 e. The SMILES string of the molecule is Cc1ccc(-c2nc(-c3ccc(C)cc3)nc(-c3ccc4c(c3)C(c3ccccc3)(c3ccccc3)c3cc(-c5ccncc5)ccc3-4)n2)cc1. The van der Waals surface area contributed by atoms with Crippen molar-refractivity contribution in [2.24, 2.45) is 0 Å². The van der Waals surface area contributed by atoms with Crippen LogP contribution in [0, 0.1) is 13.8 Å². The second kappa shape index (κ2) is 12.4. The molecule has 0 spiro atoms. The van der Waals surface area contributed by atoms with Crippen molar-refractivity contribution < 1.29 is 0 Å². The predicted molar refractivity (Wildman–Crippen MR) is 206 cm³/mol. The predicted octanol–water partition coefficient (Wildman–Crippen LogP) is 10.9. The zero-order valence-electron chi connectivity index (χ0n) is 28.5. The normalized spacial score (nSPS) is 12.7. The highest BCUT2D eigenvalue weighted by molar-refractivity contribution is 5.90. The summed E-state index contributed by atoms with van der Waals surface area (Å²) in [5.74, 6) is 1.94. The van der Waals surface area contributed by atoms with E-state index in [0.717, 1.165) is 27.8 Å². The summed E-state index contributed by atoms with van der Waals surface area (Å²) in [6.07, 6.45) is 3.71. The fourth-order valence-corrected chi connectivity index (χ4v) is 7.52. The lowest BCUT2D eigenvalue weighted by Gasteiger charge is -2.34. The van der Waals surface area contributed by atoms with Gasteiger partial charge in [0, 0.05) is 29.1 Å². The van der Waals surface area contributed by atoms with E-state index >= 15 is 0 Å². The van der Waals surface area contributed by atoms with E-state index in [1.54, 1.807) is 0 Å². The van der Waals surface area contributed by atoms with E-state index < -0.39 is 5.41 Å². The highest BCUT2D eigenvalue weighted by Gasteiger charge is 2.46. The van der Waals surface area contributed by atoms with E-state index in [4.69, 9.17) is 15.0 Å². The van der Waals surface area contributed by atoms with Crippen LogP contribution in [0.15, 0.2) is 170 Å². The summed E-state index contributed by atoms with van der Waals surface area (Å²) in [5, 5.41) is 0. The highest BCUT2D eigenvalue weighted by Crippen LogP contribution is 2.57. The lowest BCUT2D eigenvalue weighted by Crippen LogP contribution is -2.28. The van der Waals surface area contributed by atoms with Gasteiger partial charge in [-0.1, -0.05) is 145 Å². The molecule has 242 valence electrons. The zero-order chi connectivity index (χ0) is 34.4. The van der Waals surface area contributed by atoms with Gasteiger partial charge in [0.05, 0.1) is 5.41 Å². The molecule has 8 aromatic rings. The van der Waals surface area contributed by atoms with Crippen molar-refractivity contribution in [1.82, 2.24) is 19.9 Å². The molecule has 0 N–H and O–H groups in total. The number of hydrogen-bond donors (Lipinski definition) is 0. The Kier molecular flexibility index (Phi) is 7.44. The summed E-state index contributed by atoms with van der Waals surface area (Å²) in [4.78, 5) is 19.6. The number of aromatic nitrogens is 4. The Labute approximate surface area is 298 Å². The van der Waals surface area contributed by atoms with Gasteiger partial charge in [-0.3, -0.25) is 4.98 Å². The summed E-state index contributed by atoms with van der Waals surface area (Å²) in [6, 6.07) is 56.3. The largest absolute Gasteiger partial charge is 0.265 e. The molecule has 4 heteroatoms. The Morgan fingerprint density at radius 3 is 1.27 bits per heavy atom. The Hall–Kier alpha value is -6.52. The van der Waals surface area contributed by atoms with Crippen LogP contribution < -0.4 is 0 Å². The molecule has 0 bridgehead atoms. The Balaban J connectivity index is 1.31. The molecule has 0 fully saturated rings. The first kappa shape index (κ1) is 30.5. The number of rotatable bonds is 6. The van der Waals surface area contributed by atoms with E-state index in [9.17, 15) is 0 Å². The zero-order valence-corrected chi connectivity index (χ0v) is 28.5. The molecule has 0 atom stereocenters. The van der Waals surface area contributed by atoms with Crippen molar-refractivity contribution >= 4 is 0 Å². The van der Waals surface area contributed by atoms with E-state index in [-0.39, 0.29) is 0 Å². The topological polar surface area (TPSA) is 51.6 Å². The second-order valence-corrected chi connectivity index (χ2v) is 13.3. The van der Waals surface area contributed by atoms with E-state index in [2.05, 4.69) is 177 Å². The van der Waals surface area contributed by atoms with E-state index in [1.807, 2.05) is 12.4 Å². The number of aryl methyl sites for hydroxylation is 2. The van der Waals surface area contributed by atoms with Gasteiger partial charge in [-0.05, 0) is 82.6 Å². The Morgan fingerprint density at radius 2 is 0.784 bits per heavy atom. The van der Waals surface area contributed by atoms with Gasteiger partial charge in [0.15, 0.2) is 17.5 Å². The molecule has 0 saturated heterocycles. The molecule has 0 unspecified atom stereocenters. The number of pyridine rings is 1. The van der Waals surface area contributed by atoms with Gasteiger partial charge in [0.25, 0.3) is 0 Å². The summed E-state index contributed by atoms with van der Waals surface area (Å²) in [5.41, 5.74) is 14.2. The summed E-state index contributed by atoms with van der Waals surface area (Å²) < 4.78 is 0. The van der Waals surface area contributed by atoms with Gasteiger partial charge in [0.2, 0.25) is 0 Å². The van der Waals surface area contributed by atoms with Gasteiger partial charge >= 0.3 is 0 Å². The van der Waals surface area contributed by atoms with Gasteiger partial charge in [-0.15, -0.1) is 0 Å². The lowest BCUT2D eigenvalue weighted by atomic mass is 9.67. The maximum atomic E-state index is 5.14. The standard InChI is InChI=1S/C47H34N4/c1-31-13-17-34(18-14-31)44-49-45(35-19-15-32(2)16-20-35)51-46(50-44)37-22-24-41-40-23-21-36(33-25-27-48-28-26-33)29-42(40)47(43(41)30-37,38-9-5-3-6-10-38)39-11-7-4-8-12-39/h3-30H,1-2H3. The molecule has 1 aliphatic rings. The number of fused-ring (bicyclic) bond motifs is 3. The van der Waals surface area contributed by atoms with Crippen LogP contribution in [0.25, 0.3) is 56.4 Å².